The fraction of sp³-hybridized carbons (Fsp3) is 1.00. The topological polar surface area (TPSA) is 32.7 Å². The number of hydrogen-bond donors (Lipinski definition) is 1. The van der Waals surface area contributed by atoms with Crippen molar-refractivity contribution in [2.45, 2.75) is 45.1 Å². The summed E-state index contributed by atoms with van der Waals surface area (Å²) < 4.78 is 5.52. The van der Waals surface area contributed by atoms with Crippen molar-refractivity contribution in [1.82, 2.24) is 4.90 Å². The Morgan fingerprint density at radius 2 is 2.06 bits per heavy atom. The highest BCUT2D eigenvalue weighted by molar-refractivity contribution is 4.92. The first-order valence-electron chi connectivity index (χ1n) is 7.12. The number of ether oxygens (including phenoxy) is 1. The van der Waals surface area contributed by atoms with Crippen LogP contribution in [0.4, 0.5) is 0 Å². The van der Waals surface area contributed by atoms with Gasteiger partial charge in [-0.3, -0.25) is 0 Å². The molecule has 17 heavy (non-hydrogen) atoms. The largest absolute Gasteiger partial charge is 0.389 e. The fourth-order valence-electron chi connectivity index (χ4n) is 3.21. The van der Waals surface area contributed by atoms with Crippen LogP contribution in [0.3, 0.4) is 0 Å². The lowest BCUT2D eigenvalue weighted by atomic mass is 9.77. The number of piperidine rings is 1. The molecule has 1 unspecified atom stereocenters. The standard InChI is InChI=1S/C14H27NO2/c1-12(2)10-15-7-5-14(16,6-8-15)13-4-3-9-17-11-13/h12-13,16H,3-11H2,1-2H3. The molecule has 3 heteroatoms. The van der Waals surface area contributed by atoms with E-state index < -0.39 is 5.60 Å². The van der Waals surface area contributed by atoms with Crippen molar-refractivity contribution in [2.75, 3.05) is 32.8 Å². The summed E-state index contributed by atoms with van der Waals surface area (Å²) in [7, 11) is 0. The van der Waals surface area contributed by atoms with E-state index in [0.29, 0.717) is 5.92 Å². The summed E-state index contributed by atoms with van der Waals surface area (Å²) in [4.78, 5) is 2.49. The van der Waals surface area contributed by atoms with E-state index in [0.717, 1.165) is 64.4 Å². The quantitative estimate of drug-likeness (QED) is 0.819. The molecular formula is C14H27NO2. The van der Waals surface area contributed by atoms with Gasteiger partial charge in [-0.1, -0.05) is 13.8 Å². The van der Waals surface area contributed by atoms with E-state index in [1.165, 1.54) is 0 Å². The molecule has 0 bridgehead atoms. The predicted molar refractivity (Wildman–Crippen MR) is 69.0 cm³/mol. The number of likely N-dealkylation sites (tertiary alicyclic amines) is 1. The van der Waals surface area contributed by atoms with Crippen LogP contribution in [0, 0.1) is 11.8 Å². The second-order valence-electron chi connectivity index (χ2n) is 6.21. The zero-order valence-corrected chi connectivity index (χ0v) is 11.3. The molecular weight excluding hydrogens is 214 g/mol. The molecule has 0 aromatic heterocycles. The Balaban J connectivity index is 1.83. The number of aliphatic hydroxyl groups is 1. The first-order valence-corrected chi connectivity index (χ1v) is 7.12. The maximum absolute atomic E-state index is 10.7. The SMILES string of the molecule is CC(C)CN1CCC(O)(C2CCCOC2)CC1. The van der Waals surface area contributed by atoms with E-state index in [-0.39, 0.29) is 0 Å². The van der Waals surface area contributed by atoms with Crippen molar-refractivity contribution in [3.8, 4) is 0 Å². The molecule has 2 rings (SSSR count). The predicted octanol–water partition coefficient (Wildman–Crippen LogP) is 1.90. The van der Waals surface area contributed by atoms with Crippen molar-refractivity contribution in [1.29, 1.82) is 0 Å². The van der Waals surface area contributed by atoms with Gasteiger partial charge in [-0.25, -0.2) is 0 Å². The highest BCUT2D eigenvalue weighted by Crippen LogP contribution is 2.34. The van der Waals surface area contributed by atoms with Gasteiger partial charge in [0.25, 0.3) is 0 Å². The van der Waals surface area contributed by atoms with Crippen LogP contribution >= 0.6 is 0 Å². The molecule has 2 aliphatic rings. The smallest absolute Gasteiger partial charge is 0.0722 e. The van der Waals surface area contributed by atoms with E-state index in [1.54, 1.807) is 0 Å². The van der Waals surface area contributed by atoms with Crippen LogP contribution in [0.5, 0.6) is 0 Å². The normalized spacial score (nSPS) is 30.7. The molecule has 1 atom stereocenters. The van der Waals surface area contributed by atoms with Crippen molar-refractivity contribution in [3.05, 3.63) is 0 Å². The number of rotatable bonds is 3. The van der Waals surface area contributed by atoms with E-state index in [9.17, 15) is 5.11 Å². The lowest BCUT2D eigenvalue weighted by Crippen LogP contribution is -2.51. The average molecular weight is 241 g/mol. The van der Waals surface area contributed by atoms with Crippen molar-refractivity contribution in [2.24, 2.45) is 11.8 Å². The Morgan fingerprint density at radius 1 is 1.35 bits per heavy atom. The number of hydrogen-bond acceptors (Lipinski definition) is 3. The van der Waals surface area contributed by atoms with Crippen LogP contribution in [0.1, 0.15) is 39.5 Å². The van der Waals surface area contributed by atoms with Crippen molar-refractivity contribution >= 4 is 0 Å². The third-order valence-electron chi connectivity index (χ3n) is 4.27. The van der Waals surface area contributed by atoms with Crippen LogP contribution in [0.2, 0.25) is 0 Å². The number of nitrogens with zero attached hydrogens (tertiary/aromatic N) is 1. The molecule has 2 aliphatic heterocycles. The third kappa shape index (κ3) is 3.43. The summed E-state index contributed by atoms with van der Waals surface area (Å²) in [5.74, 6) is 1.09. The zero-order valence-electron chi connectivity index (χ0n) is 11.3. The maximum atomic E-state index is 10.7. The summed E-state index contributed by atoms with van der Waals surface area (Å²) >= 11 is 0. The Hall–Kier alpha value is -0.120. The van der Waals surface area contributed by atoms with Gasteiger partial charge >= 0.3 is 0 Å². The Bertz CT molecular complexity index is 228. The minimum absolute atomic E-state index is 0.373. The molecule has 0 aromatic rings. The average Bonchev–Trinajstić information content (AvgIpc) is 2.33. The summed E-state index contributed by atoms with van der Waals surface area (Å²) in [6.45, 7) is 9.42. The van der Waals surface area contributed by atoms with Gasteiger partial charge in [-0.2, -0.15) is 0 Å². The lowest BCUT2D eigenvalue weighted by Gasteiger charge is -2.44. The van der Waals surface area contributed by atoms with Crippen LogP contribution < -0.4 is 0 Å². The van der Waals surface area contributed by atoms with E-state index in [2.05, 4.69) is 18.7 Å². The molecule has 0 aliphatic carbocycles. The Morgan fingerprint density at radius 3 is 2.59 bits per heavy atom. The van der Waals surface area contributed by atoms with Crippen molar-refractivity contribution in [3.63, 3.8) is 0 Å². The molecule has 0 spiro atoms. The molecule has 1 N–H and O–H groups in total. The maximum Gasteiger partial charge on any atom is 0.0722 e. The molecule has 0 radical (unpaired) electrons. The third-order valence-corrected chi connectivity index (χ3v) is 4.27. The van der Waals surface area contributed by atoms with Gasteiger partial charge in [0, 0.05) is 32.2 Å². The van der Waals surface area contributed by atoms with Crippen LogP contribution in [0.15, 0.2) is 0 Å². The van der Waals surface area contributed by atoms with Crippen LogP contribution in [0.25, 0.3) is 0 Å². The second kappa shape index (κ2) is 5.68. The van der Waals surface area contributed by atoms with Gasteiger partial charge in [0.05, 0.1) is 12.2 Å². The van der Waals surface area contributed by atoms with Gasteiger partial charge in [-0.15, -0.1) is 0 Å². The van der Waals surface area contributed by atoms with E-state index >= 15 is 0 Å². The Kier molecular flexibility index (Phi) is 4.45. The molecule has 3 nitrogen and oxygen atoms in total. The lowest BCUT2D eigenvalue weighted by molar-refractivity contribution is -0.109. The summed E-state index contributed by atoms with van der Waals surface area (Å²) in [5, 5.41) is 10.7. The molecule has 0 saturated carbocycles. The molecule has 0 aromatic carbocycles. The second-order valence-corrected chi connectivity index (χ2v) is 6.21. The summed E-state index contributed by atoms with van der Waals surface area (Å²) in [6.07, 6.45) is 4.10. The minimum Gasteiger partial charge on any atom is -0.389 e. The highest BCUT2D eigenvalue weighted by Gasteiger charge is 2.40. The van der Waals surface area contributed by atoms with E-state index in [4.69, 9.17) is 4.74 Å². The van der Waals surface area contributed by atoms with Gasteiger partial charge in [0.15, 0.2) is 0 Å². The first kappa shape index (κ1) is 13.3. The zero-order chi connectivity index (χ0) is 12.3. The monoisotopic (exact) mass is 241 g/mol. The highest BCUT2D eigenvalue weighted by atomic mass is 16.5. The first-order chi connectivity index (χ1) is 8.10. The van der Waals surface area contributed by atoms with E-state index in [1.807, 2.05) is 0 Å². The fourth-order valence-corrected chi connectivity index (χ4v) is 3.21. The van der Waals surface area contributed by atoms with Gasteiger partial charge in [-0.05, 0) is 31.6 Å². The molecule has 2 fully saturated rings. The van der Waals surface area contributed by atoms with Gasteiger partial charge in [0.2, 0.25) is 0 Å². The van der Waals surface area contributed by atoms with Crippen molar-refractivity contribution < 1.29 is 9.84 Å². The Labute approximate surface area is 105 Å². The van der Waals surface area contributed by atoms with Crippen LogP contribution in [-0.2, 0) is 4.74 Å². The summed E-state index contributed by atoms with van der Waals surface area (Å²) in [6, 6.07) is 0. The van der Waals surface area contributed by atoms with Gasteiger partial charge < -0.3 is 14.7 Å². The molecule has 100 valence electrons. The summed E-state index contributed by atoms with van der Waals surface area (Å²) in [5.41, 5.74) is -0.450. The van der Waals surface area contributed by atoms with Crippen LogP contribution in [-0.4, -0.2) is 48.5 Å². The van der Waals surface area contributed by atoms with Gasteiger partial charge in [0.1, 0.15) is 0 Å². The molecule has 2 heterocycles. The minimum atomic E-state index is -0.450. The molecule has 0 amide bonds. The molecule has 2 saturated heterocycles.